The van der Waals surface area contributed by atoms with Gasteiger partial charge in [-0.2, -0.15) is 14.6 Å². The van der Waals surface area contributed by atoms with Crippen molar-refractivity contribution in [3.05, 3.63) is 98.3 Å². The van der Waals surface area contributed by atoms with Gasteiger partial charge in [-0.3, -0.25) is 4.79 Å². The number of thiazole rings is 1. The maximum absolute atomic E-state index is 13.5. The smallest absolute Gasteiger partial charge is 0.291 e. The molecule has 0 radical (unpaired) electrons. The van der Waals surface area contributed by atoms with E-state index < -0.39 is 0 Å². The summed E-state index contributed by atoms with van der Waals surface area (Å²) < 4.78 is 9.60. The molecule has 4 aliphatic carbocycles. The number of benzene rings is 2. The van der Waals surface area contributed by atoms with Gasteiger partial charge in [0.05, 0.1) is 22.5 Å². The first-order valence-electron chi connectivity index (χ1n) is 15.0. The number of fused-ring (bicyclic) bond motifs is 1. The van der Waals surface area contributed by atoms with Gasteiger partial charge in [0.25, 0.3) is 5.56 Å². The predicted octanol–water partition coefficient (Wildman–Crippen LogP) is 5.92. The maximum atomic E-state index is 13.5. The summed E-state index contributed by atoms with van der Waals surface area (Å²) in [6, 6.07) is 18.2. The standard InChI is InChI=1S/C34H33N5O2S/c1-2-41-28-11-8-22(9-12-28)10-13-30-35-33-39(36-30)32(40)29(42-33)17-26-21-38(27-6-4-3-5-7-27)37-31(26)34-18-23-14-24(19-34)16-25(15-23)20-34/h3-13,17,21,23-25H,2,14-16,18-20H2,1H3/b13-10+,29-17-. The average Bonchev–Trinajstić information content (AvgIpc) is 3.68. The zero-order chi connectivity index (χ0) is 28.3. The minimum atomic E-state index is -0.132. The molecule has 0 unspecified atom stereocenters. The van der Waals surface area contributed by atoms with E-state index in [0.717, 1.165) is 40.3 Å². The van der Waals surface area contributed by atoms with Gasteiger partial charge in [-0.15, -0.1) is 5.10 Å². The number of hydrogen-bond donors (Lipinski definition) is 0. The maximum Gasteiger partial charge on any atom is 0.291 e. The van der Waals surface area contributed by atoms with Crippen LogP contribution in [0, 0.1) is 17.8 Å². The summed E-state index contributed by atoms with van der Waals surface area (Å²) in [6.45, 7) is 2.61. The van der Waals surface area contributed by atoms with Crippen molar-refractivity contribution in [3.63, 3.8) is 0 Å². The third-order valence-electron chi connectivity index (χ3n) is 9.40. The van der Waals surface area contributed by atoms with E-state index in [0.29, 0.717) is 21.9 Å². The second-order valence-corrected chi connectivity index (χ2v) is 13.3. The fourth-order valence-corrected chi connectivity index (χ4v) is 9.00. The lowest BCUT2D eigenvalue weighted by Crippen LogP contribution is -2.49. The van der Waals surface area contributed by atoms with Crippen LogP contribution < -0.4 is 14.8 Å². The Morgan fingerprint density at radius 1 is 0.952 bits per heavy atom. The van der Waals surface area contributed by atoms with E-state index in [1.807, 2.05) is 72.3 Å². The zero-order valence-electron chi connectivity index (χ0n) is 23.6. The summed E-state index contributed by atoms with van der Waals surface area (Å²) in [6.07, 6.45) is 15.7. The number of para-hydroxylation sites is 1. The fraction of sp³-hybridized carbons (Fsp3) is 0.353. The van der Waals surface area contributed by atoms with Crippen molar-refractivity contribution in [2.75, 3.05) is 6.61 Å². The third-order valence-corrected chi connectivity index (χ3v) is 10.4. The molecular weight excluding hydrogens is 542 g/mol. The number of rotatable bonds is 7. The Morgan fingerprint density at radius 3 is 2.33 bits per heavy atom. The molecule has 4 fully saturated rings. The molecule has 0 spiro atoms. The van der Waals surface area contributed by atoms with Crippen molar-refractivity contribution in [3.8, 4) is 11.4 Å². The van der Waals surface area contributed by atoms with Crippen LogP contribution in [0.4, 0.5) is 0 Å². The molecule has 3 aromatic heterocycles. The van der Waals surface area contributed by atoms with E-state index in [1.54, 1.807) is 0 Å². The summed E-state index contributed by atoms with van der Waals surface area (Å²) in [5.41, 5.74) is 4.25. The lowest BCUT2D eigenvalue weighted by atomic mass is 9.48. The molecular formula is C34H33N5O2S. The highest BCUT2D eigenvalue weighted by Crippen LogP contribution is 2.61. The van der Waals surface area contributed by atoms with E-state index in [1.165, 1.54) is 60.1 Å². The first-order chi connectivity index (χ1) is 20.5. The summed E-state index contributed by atoms with van der Waals surface area (Å²) in [7, 11) is 0. The Balaban J connectivity index is 1.16. The van der Waals surface area contributed by atoms with Crippen molar-refractivity contribution in [2.24, 2.45) is 17.8 Å². The van der Waals surface area contributed by atoms with E-state index in [-0.39, 0.29) is 11.0 Å². The molecule has 0 aliphatic heterocycles. The third kappa shape index (κ3) is 4.49. The second kappa shape index (κ2) is 10.1. The molecule has 2 aromatic carbocycles. The van der Waals surface area contributed by atoms with Crippen molar-refractivity contribution < 1.29 is 4.74 Å². The Bertz CT molecular complexity index is 1870. The lowest BCUT2D eigenvalue weighted by Gasteiger charge is -2.56. The highest BCUT2D eigenvalue weighted by molar-refractivity contribution is 7.15. The first kappa shape index (κ1) is 25.7. The van der Waals surface area contributed by atoms with Crippen molar-refractivity contribution in [1.29, 1.82) is 0 Å². The fourth-order valence-electron chi connectivity index (χ4n) is 8.09. The quantitative estimate of drug-likeness (QED) is 0.241. The van der Waals surface area contributed by atoms with E-state index in [4.69, 9.17) is 9.84 Å². The monoisotopic (exact) mass is 575 g/mol. The number of aromatic nitrogens is 5. The van der Waals surface area contributed by atoms with Crippen LogP contribution >= 0.6 is 11.3 Å². The molecule has 5 aromatic rings. The van der Waals surface area contributed by atoms with Gasteiger partial charge in [0.2, 0.25) is 4.96 Å². The van der Waals surface area contributed by atoms with Crippen LogP contribution in [0.5, 0.6) is 5.75 Å². The Hall–Kier alpha value is -4.04. The topological polar surface area (TPSA) is 74.3 Å². The molecule has 0 atom stereocenters. The average molecular weight is 576 g/mol. The van der Waals surface area contributed by atoms with Gasteiger partial charge in [-0.1, -0.05) is 47.7 Å². The van der Waals surface area contributed by atoms with Gasteiger partial charge < -0.3 is 4.74 Å². The van der Waals surface area contributed by atoms with Gasteiger partial charge in [0, 0.05) is 17.2 Å². The molecule has 3 heterocycles. The predicted molar refractivity (Wildman–Crippen MR) is 166 cm³/mol. The number of ether oxygens (including phenoxy) is 1. The number of hydrogen-bond acceptors (Lipinski definition) is 6. The molecule has 42 heavy (non-hydrogen) atoms. The number of nitrogens with zero attached hydrogens (tertiary/aromatic N) is 5. The Morgan fingerprint density at radius 2 is 1.67 bits per heavy atom. The van der Waals surface area contributed by atoms with Crippen molar-refractivity contribution in [1.82, 2.24) is 24.4 Å². The molecule has 7 nitrogen and oxygen atoms in total. The van der Waals surface area contributed by atoms with Crippen molar-refractivity contribution in [2.45, 2.75) is 50.9 Å². The van der Waals surface area contributed by atoms with E-state index >= 15 is 0 Å². The van der Waals surface area contributed by atoms with Crippen LogP contribution in [-0.4, -0.2) is 31.0 Å². The molecule has 0 N–H and O–H groups in total. The summed E-state index contributed by atoms with van der Waals surface area (Å²) in [5, 5.41) is 9.77. The minimum absolute atomic E-state index is 0.109. The SMILES string of the molecule is CCOc1ccc(/C=C/c2nc3s/c(=C\c4cn(-c5ccccc5)nc4C45CC6CC(CC(C6)C4)C5)c(=O)n3n2)cc1. The summed E-state index contributed by atoms with van der Waals surface area (Å²) >= 11 is 1.39. The highest BCUT2D eigenvalue weighted by Gasteiger charge is 2.53. The largest absolute Gasteiger partial charge is 0.494 e. The zero-order valence-corrected chi connectivity index (χ0v) is 24.5. The van der Waals surface area contributed by atoms with Gasteiger partial charge >= 0.3 is 0 Å². The first-order valence-corrected chi connectivity index (χ1v) is 15.8. The Kier molecular flexibility index (Phi) is 6.14. The second-order valence-electron chi connectivity index (χ2n) is 12.3. The lowest BCUT2D eigenvalue weighted by molar-refractivity contribution is -0.00743. The molecule has 8 heteroatoms. The van der Waals surface area contributed by atoms with Gasteiger partial charge in [0.1, 0.15) is 5.75 Å². The van der Waals surface area contributed by atoms with Crippen LogP contribution in [0.1, 0.15) is 68.1 Å². The molecule has 212 valence electrons. The van der Waals surface area contributed by atoms with Crippen LogP contribution in [0.25, 0.3) is 28.9 Å². The van der Waals surface area contributed by atoms with Crippen LogP contribution in [-0.2, 0) is 5.41 Å². The Labute approximate surface area is 248 Å². The molecule has 0 saturated heterocycles. The van der Waals surface area contributed by atoms with E-state index in [9.17, 15) is 4.79 Å². The van der Waals surface area contributed by atoms with E-state index in [2.05, 4.69) is 28.4 Å². The minimum Gasteiger partial charge on any atom is -0.494 e. The molecule has 4 saturated carbocycles. The van der Waals surface area contributed by atoms with Crippen LogP contribution in [0.15, 0.2) is 65.6 Å². The highest BCUT2D eigenvalue weighted by atomic mass is 32.1. The summed E-state index contributed by atoms with van der Waals surface area (Å²) in [5.74, 6) is 3.79. The molecule has 4 bridgehead atoms. The van der Waals surface area contributed by atoms with Crippen LogP contribution in [0.3, 0.4) is 0 Å². The van der Waals surface area contributed by atoms with Crippen LogP contribution in [0.2, 0.25) is 0 Å². The van der Waals surface area contributed by atoms with Gasteiger partial charge in [-0.05, 0) is 105 Å². The normalized spacial score (nSPS) is 25.3. The van der Waals surface area contributed by atoms with Crippen molar-refractivity contribution >= 4 is 34.5 Å². The van der Waals surface area contributed by atoms with Gasteiger partial charge in [-0.25, -0.2) is 4.68 Å². The molecule has 0 amide bonds. The van der Waals surface area contributed by atoms with Gasteiger partial charge in [0.15, 0.2) is 5.82 Å². The molecule has 9 rings (SSSR count). The summed E-state index contributed by atoms with van der Waals surface area (Å²) in [4.78, 5) is 18.8. The molecule has 4 aliphatic rings.